The number of benzene rings is 1. The SMILES string of the molecule is Fc1cc(OC[C@@H]2CO2)c(-c2cccs2)cc1F. The Morgan fingerprint density at radius 2 is 2.11 bits per heavy atom. The van der Waals surface area contributed by atoms with Crippen LogP contribution in [0.4, 0.5) is 8.78 Å². The highest BCUT2D eigenvalue weighted by molar-refractivity contribution is 7.13. The molecule has 94 valence electrons. The van der Waals surface area contributed by atoms with Gasteiger partial charge in [-0.05, 0) is 17.5 Å². The van der Waals surface area contributed by atoms with Gasteiger partial charge in [0.1, 0.15) is 18.5 Å². The minimum absolute atomic E-state index is 0.0781. The first-order valence-corrected chi connectivity index (χ1v) is 6.39. The zero-order chi connectivity index (χ0) is 12.5. The highest BCUT2D eigenvalue weighted by Crippen LogP contribution is 2.35. The Hall–Kier alpha value is -1.46. The van der Waals surface area contributed by atoms with Crippen LogP contribution in [0.25, 0.3) is 10.4 Å². The second-order valence-electron chi connectivity index (χ2n) is 4.01. The van der Waals surface area contributed by atoms with Crippen molar-refractivity contribution in [2.45, 2.75) is 6.10 Å². The molecule has 0 unspecified atom stereocenters. The number of thiophene rings is 1. The average molecular weight is 268 g/mol. The van der Waals surface area contributed by atoms with Crippen molar-refractivity contribution in [2.75, 3.05) is 13.2 Å². The van der Waals surface area contributed by atoms with Crippen molar-refractivity contribution in [1.82, 2.24) is 0 Å². The van der Waals surface area contributed by atoms with E-state index >= 15 is 0 Å². The molecule has 2 heterocycles. The van der Waals surface area contributed by atoms with Crippen molar-refractivity contribution in [1.29, 1.82) is 0 Å². The van der Waals surface area contributed by atoms with Crippen molar-refractivity contribution in [3.8, 4) is 16.2 Å². The molecule has 0 N–H and O–H groups in total. The predicted molar refractivity (Wildman–Crippen MR) is 64.9 cm³/mol. The average Bonchev–Trinajstić information content (AvgIpc) is 3.03. The Morgan fingerprint density at radius 1 is 1.33 bits per heavy atom. The van der Waals surface area contributed by atoms with E-state index in [1.54, 1.807) is 0 Å². The lowest BCUT2D eigenvalue weighted by Crippen LogP contribution is -2.05. The van der Waals surface area contributed by atoms with E-state index in [1.165, 1.54) is 17.4 Å². The molecule has 1 aliphatic rings. The van der Waals surface area contributed by atoms with Crippen LogP contribution in [0.1, 0.15) is 0 Å². The van der Waals surface area contributed by atoms with E-state index in [0.29, 0.717) is 24.5 Å². The molecule has 18 heavy (non-hydrogen) atoms. The van der Waals surface area contributed by atoms with Crippen molar-refractivity contribution >= 4 is 11.3 Å². The maximum atomic E-state index is 13.3. The third-order valence-electron chi connectivity index (χ3n) is 2.64. The third-order valence-corrected chi connectivity index (χ3v) is 3.54. The van der Waals surface area contributed by atoms with Gasteiger partial charge in [0.25, 0.3) is 0 Å². The second-order valence-corrected chi connectivity index (χ2v) is 4.95. The normalized spacial score (nSPS) is 17.8. The van der Waals surface area contributed by atoms with Crippen molar-refractivity contribution < 1.29 is 18.3 Å². The number of hydrogen-bond acceptors (Lipinski definition) is 3. The van der Waals surface area contributed by atoms with Gasteiger partial charge >= 0.3 is 0 Å². The van der Waals surface area contributed by atoms with Crippen LogP contribution in [0.5, 0.6) is 5.75 Å². The van der Waals surface area contributed by atoms with Crippen LogP contribution in [-0.2, 0) is 4.74 Å². The van der Waals surface area contributed by atoms with Gasteiger partial charge < -0.3 is 9.47 Å². The van der Waals surface area contributed by atoms with Crippen LogP contribution >= 0.6 is 11.3 Å². The van der Waals surface area contributed by atoms with Gasteiger partial charge in [-0.25, -0.2) is 8.78 Å². The predicted octanol–water partition coefficient (Wildman–Crippen LogP) is 3.47. The molecule has 0 spiro atoms. The molecule has 0 aliphatic carbocycles. The Bertz CT molecular complexity index is 550. The quantitative estimate of drug-likeness (QED) is 0.792. The lowest BCUT2D eigenvalue weighted by molar-refractivity contribution is 0.262. The maximum absolute atomic E-state index is 13.3. The summed E-state index contributed by atoms with van der Waals surface area (Å²) in [5.41, 5.74) is 0.574. The smallest absolute Gasteiger partial charge is 0.162 e. The third kappa shape index (κ3) is 2.37. The number of epoxide rings is 1. The van der Waals surface area contributed by atoms with Gasteiger partial charge in [-0.3, -0.25) is 0 Å². The first-order chi connectivity index (χ1) is 8.74. The van der Waals surface area contributed by atoms with E-state index in [4.69, 9.17) is 9.47 Å². The molecule has 0 radical (unpaired) electrons. The molecule has 1 aromatic carbocycles. The molecule has 1 aliphatic heterocycles. The van der Waals surface area contributed by atoms with Gasteiger partial charge in [-0.1, -0.05) is 6.07 Å². The molecule has 1 aromatic heterocycles. The minimum atomic E-state index is -0.901. The summed E-state index contributed by atoms with van der Waals surface area (Å²) >= 11 is 1.45. The number of hydrogen-bond donors (Lipinski definition) is 0. The topological polar surface area (TPSA) is 21.8 Å². The van der Waals surface area contributed by atoms with Gasteiger partial charge in [0.05, 0.1) is 6.61 Å². The highest BCUT2D eigenvalue weighted by Gasteiger charge is 2.24. The summed E-state index contributed by atoms with van der Waals surface area (Å²) < 4.78 is 37.1. The Labute approximate surface area is 107 Å². The van der Waals surface area contributed by atoms with E-state index in [1.807, 2.05) is 17.5 Å². The molecule has 3 rings (SSSR count). The van der Waals surface area contributed by atoms with Gasteiger partial charge in [-0.15, -0.1) is 11.3 Å². The van der Waals surface area contributed by atoms with Crippen molar-refractivity contribution in [2.24, 2.45) is 0 Å². The fourth-order valence-electron chi connectivity index (χ4n) is 1.62. The first-order valence-electron chi connectivity index (χ1n) is 5.51. The molecular formula is C13H10F2O2S. The molecule has 1 saturated heterocycles. The van der Waals surface area contributed by atoms with Gasteiger partial charge in [-0.2, -0.15) is 0 Å². The second kappa shape index (κ2) is 4.66. The first kappa shape index (κ1) is 11.6. The van der Waals surface area contributed by atoms with E-state index in [9.17, 15) is 8.78 Å². The summed E-state index contributed by atoms with van der Waals surface area (Å²) in [6.45, 7) is 1.03. The van der Waals surface area contributed by atoms with E-state index in [-0.39, 0.29) is 6.10 Å². The van der Waals surface area contributed by atoms with E-state index < -0.39 is 11.6 Å². The molecule has 2 nitrogen and oxygen atoms in total. The van der Waals surface area contributed by atoms with Crippen molar-refractivity contribution in [3.63, 3.8) is 0 Å². The molecular weight excluding hydrogens is 258 g/mol. The maximum Gasteiger partial charge on any atom is 0.162 e. The molecule has 5 heteroatoms. The number of ether oxygens (including phenoxy) is 2. The zero-order valence-corrected chi connectivity index (χ0v) is 10.2. The van der Waals surface area contributed by atoms with Crippen LogP contribution in [0.2, 0.25) is 0 Å². The van der Waals surface area contributed by atoms with Gasteiger partial charge in [0.2, 0.25) is 0 Å². The molecule has 0 saturated carbocycles. The minimum Gasteiger partial charge on any atom is -0.490 e. The van der Waals surface area contributed by atoms with E-state index in [0.717, 1.165) is 10.9 Å². The summed E-state index contributed by atoms with van der Waals surface area (Å²) in [4.78, 5) is 0.848. The summed E-state index contributed by atoms with van der Waals surface area (Å²) in [5.74, 6) is -1.41. The molecule has 2 aromatic rings. The zero-order valence-electron chi connectivity index (χ0n) is 9.36. The number of halogens is 2. The molecule has 1 atom stereocenters. The van der Waals surface area contributed by atoms with Crippen LogP contribution in [-0.4, -0.2) is 19.3 Å². The van der Waals surface area contributed by atoms with Gasteiger partial charge in [0, 0.05) is 16.5 Å². The Kier molecular flexibility index (Phi) is 3.01. The van der Waals surface area contributed by atoms with Gasteiger partial charge in [0.15, 0.2) is 11.6 Å². The fraction of sp³-hybridized carbons (Fsp3) is 0.231. The van der Waals surface area contributed by atoms with Crippen LogP contribution < -0.4 is 4.74 Å². The lowest BCUT2D eigenvalue weighted by atomic mass is 10.1. The summed E-state index contributed by atoms with van der Waals surface area (Å²) in [6.07, 6.45) is 0.0781. The number of rotatable bonds is 4. The molecule has 0 bridgehead atoms. The Balaban J connectivity index is 1.95. The summed E-state index contributed by atoms with van der Waals surface area (Å²) in [7, 11) is 0. The molecule has 0 amide bonds. The Morgan fingerprint density at radius 3 is 2.78 bits per heavy atom. The monoisotopic (exact) mass is 268 g/mol. The van der Waals surface area contributed by atoms with Crippen LogP contribution in [0.15, 0.2) is 29.6 Å². The molecule has 1 fully saturated rings. The fourth-order valence-corrected chi connectivity index (χ4v) is 2.37. The lowest BCUT2D eigenvalue weighted by Gasteiger charge is -2.10. The van der Waals surface area contributed by atoms with E-state index in [2.05, 4.69) is 0 Å². The summed E-state index contributed by atoms with van der Waals surface area (Å²) in [6, 6.07) is 5.96. The standard InChI is InChI=1S/C13H10F2O2S/c14-10-4-9(13-2-1-3-18-13)12(5-11(10)15)17-7-8-6-16-8/h1-5,8H,6-7H2/t8-/m0/s1. The highest BCUT2D eigenvalue weighted by atomic mass is 32.1. The van der Waals surface area contributed by atoms with Crippen LogP contribution in [0, 0.1) is 11.6 Å². The van der Waals surface area contributed by atoms with Crippen molar-refractivity contribution in [3.05, 3.63) is 41.3 Å². The largest absolute Gasteiger partial charge is 0.490 e. The van der Waals surface area contributed by atoms with Crippen LogP contribution in [0.3, 0.4) is 0 Å². The summed E-state index contributed by atoms with van der Waals surface area (Å²) in [5, 5.41) is 1.88.